The minimum atomic E-state index is -3.44. The maximum Gasteiger partial charge on any atom is 0.260 e. The van der Waals surface area contributed by atoms with Crippen LogP contribution in [0.5, 0.6) is 0 Å². The molecule has 8 nitrogen and oxygen atoms in total. The molecule has 2 aromatic carbocycles. The Morgan fingerprint density at radius 2 is 1.73 bits per heavy atom. The van der Waals surface area contributed by atoms with Gasteiger partial charge in [-0.2, -0.15) is 5.10 Å². The molecule has 0 saturated heterocycles. The molecule has 0 spiro atoms. The number of rotatable bonds is 8. The van der Waals surface area contributed by atoms with Crippen molar-refractivity contribution in [1.29, 1.82) is 0 Å². The molecule has 0 unspecified atom stereocenters. The summed E-state index contributed by atoms with van der Waals surface area (Å²) in [4.78, 5) is 17.0. The van der Waals surface area contributed by atoms with Crippen LogP contribution >= 0.6 is 0 Å². The molecule has 0 fully saturated rings. The van der Waals surface area contributed by atoms with Crippen LogP contribution in [0.1, 0.15) is 48.2 Å². The first-order valence-electron chi connectivity index (χ1n) is 12.6. The van der Waals surface area contributed by atoms with Gasteiger partial charge in [-0.15, -0.1) is 5.10 Å². The monoisotopic (exact) mass is 523 g/mol. The minimum absolute atomic E-state index is 0.177. The highest BCUT2D eigenvalue weighted by molar-refractivity contribution is 7.92. The fourth-order valence-electron chi connectivity index (χ4n) is 4.34. The lowest BCUT2D eigenvalue weighted by Crippen LogP contribution is -2.32. The van der Waals surface area contributed by atoms with E-state index < -0.39 is 10.0 Å². The number of hydrogen-bond donors (Lipinski definition) is 0. The Balaban J connectivity index is 0.000000248. The van der Waals surface area contributed by atoms with E-state index in [2.05, 4.69) is 35.0 Å². The van der Waals surface area contributed by atoms with Gasteiger partial charge in [-0.05, 0) is 62.1 Å². The first-order valence-corrected chi connectivity index (χ1v) is 14.5. The third-order valence-electron chi connectivity index (χ3n) is 6.22. The van der Waals surface area contributed by atoms with Crippen molar-refractivity contribution in [1.82, 2.24) is 10.2 Å². The maximum atomic E-state index is 13.1. The average molecular weight is 524 g/mol. The van der Waals surface area contributed by atoms with Crippen LogP contribution in [0.4, 0.5) is 17.2 Å². The summed E-state index contributed by atoms with van der Waals surface area (Å²) in [5, 5.41) is 7.97. The van der Waals surface area contributed by atoms with Gasteiger partial charge in [0.05, 0.1) is 17.5 Å². The predicted molar refractivity (Wildman–Crippen MR) is 151 cm³/mol. The second kappa shape index (κ2) is 12.7. The van der Waals surface area contributed by atoms with Crippen LogP contribution < -0.4 is 14.1 Å². The van der Waals surface area contributed by atoms with Crippen LogP contribution in [0, 0.1) is 6.92 Å². The van der Waals surface area contributed by atoms with E-state index in [4.69, 9.17) is 0 Å². The Labute approximate surface area is 221 Å². The molecule has 0 radical (unpaired) electrons. The van der Waals surface area contributed by atoms with Gasteiger partial charge in [0, 0.05) is 38.6 Å². The van der Waals surface area contributed by atoms with Crippen molar-refractivity contribution in [2.24, 2.45) is 0 Å². The highest BCUT2D eigenvalue weighted by Crippen LogP contribution is 2.32. The Morgan fingerprint density at radius 1 is 1.03 bits per heavy atom. The molecule has 0 N–H and O–H groups in total. The van der Waals surface area contributed by atoms with E-state index in [0.717, 1.165) is 60.0 Å². The van der Waals surface area contributed by atoms with Crippen molar-refractivity contribution in [3.63, 3.8) is 0 Å². The van der Waals surface area contributed by atoms with Crippen molar-refractivity contribution < 1.29 is 13.2 Å². The summed E-state index contributed by atoms with van der Waals surface area (Å²) in [5.41, 5.74) is 4.00. The van der Waals surface area contributed by atoms with E-state index in [1.807, 2.05) is 31.2 Å². The molecule has 1 aliphatic heterocycles. The third kappa shape index (κ3) is 7.07. The number of aryl methyl sites for hydroxylation is 1. The zero-order valence-corrected chi connectivity index (χ0v) is 23.2. The first-order chi connectivity index (χ1) is 17.7. The number of amides is 1. The summed E-state index contributed by atoms with van der Waals surface area (Å²) in [5.74, 6) is 0.815. The van der Waals surface area contributed by atoms with Gasteiger partial charge in [0.25, 0.3) is 5.91 Å². The number of para-hydroxylation sites is 1. The SMILES string of the molecule is CCCN(CCC)c1cccnn1.Cc1ccc2c(c1)CCN2C(=O)c1ccccc1N(C)S(C)(=O)=O. The topological polar surface area (TPSA) is 86.7 Å². The molecule has 0 aliphatic carbocycles. The lowest BCUT2D eigenvalue weighted by atomic mass is 10.1. The Hall–Kier alpha value is -3.46. The van der Waals surface area contributed by atoms with Crippen molar-refractivity contribution >= 4 is 33.1 Å². The number of carbonyl (C=O) groups excluding carboxylic acids is 1. The van der Waals surface area contributed by atoms with E-state index >= 15 is 0 Å². The molecule has 0 saturated carbocycles. The van der Waals surface area contributed by atoms with Crippen LogP contribution in [0.15, 0.2) is 60.8 Å². The highest BCUT2D eigenvalue weighted by atomic mass is 32.2. The van der Waals surface area contributed by atoms with E-state index in [-0.39, 0.29) is 5.91 Å². The van der Waals surface area contributed by atoms with Crippen molar-refractivity contribution in [3.05, 3.63) is 77.5 Å². The highest BCUT2D eigenvalue weighted by Gasteiger charge is 2.28. The van der Waals surface area contributed by atoms with Crippen LogP contribution in [0.25, 0.3) is 0 Å². The second-order valence-electron chi connectivity index (χ2n) is 9.16. The molecule has 0 atom stereocenters. The summed E-state index contributed by atoms with van der Waals surface area (Å²) >= 11 is 0. The van der Waals surface area contributed by atoms with Crippen LogP contribution in [0.3, 0.4) is 0 Å². The zero-order chi connectivity index (χ0) is 27.0. The summed E-state index contributed by atoms with van der Waals surface area (Å²) in [6.45, 7) is 9.12. The summed E-state index contributed by atoms with van der Waals surface area (Å²) in [7, 11) is -1.98. The Morgan fingerprint density at radius 3 is 2.35 bits per heavy atom. The first kappa shape index (κ1) is 28.1. The molecule has 198 valence electrons. The molecule has 2 heterocycles. The lowest BCUT2D eigenvalue weighted by Gasteiger charge is -2.23. The zero-order valence-electron chi connectivity index (χ0n) is 22.4. The van der Waals surface area contributed by atoms with Crippen LogP contribution in [0.2, 0.25) is 0 Å². The number of anilines is 3. The van der Waals surface area contributed by atoms with E-state index in [1.54, 1.807) is 35.4 Å². The second-order valence-corrected chi connectivity index (χ2v) is 11.2. The minimum Gasteiger partial charge on any atom is -0.355 e. The predicted octanol–water partition coefficient (Wildman–Crippen LogP) is 4.70. The number of aromatic nitrogens is 2. The maximum absolute atomic E-state index is 13.1. The fraction of sp³-hybridized carbons (Fsp3) is 0.393. The molecule has 37 heavy (non-hydrogen) atoms. The van der Waals surface area contributed by atoms with Gasteiger partial charge in [-0.3, -0.25) is 9.10 Å². The normalized spacial score (nSPS) is 12.4. The number of fused-ring (bicyclic) bond motifs is 1. The molecule has 9 heteroatoms. The van der Waals surface area contributed by atoms with E-state index in [1.165, 1.54) is 12.6 Å². The molecule has 3 aromatic rings. The van der Waals surface area contributed by atoms with Gasteiger partial charge in [0.1, 0.15) is 0 Å². The molecule has 1 amide bonds. The quantitative estimate of drug-likeness (QED) is 0.426. The van der Waals surface area contributed by atoms with Crippen molar-refractivity contribution in [2.75, 3.05) is 47.0 Å². The van der Waals surface area contributed by atoms with Gasteiger partial charge in [-0.1, -0.05) is 43.7 Å². The number of hydrogen-bond acceptors (Lipinski definition) is 6. The lowest BCUT2D eigenvalue weighted by molar-refractivity contribution is 0.0990. The van der Waals surface area contributed by atoms with E-state index in [0.29, 0.717) is 17.8 Å². The van der Waals surface area contributed by atoms with Gasteiger partial charge in [0.15, 0.2) is 5.82 Å². The van der Waals surface area contributed by atoms with Gasteiger partial charge < -0.3 is 9.80 Å². The molecular formula is C28H37N5O3S. The molecule has 4 rings (SSSR count). The van der Waals surface area contributed by atoms with Gasteiger partial charge in [0.2, 0.25) is 10.0 Å². The standard InChI is InChI=1S/C18H20N2O3S.C10H17N3/c1-13-8-9-16-14(12-13)10-11-20(16)18(21)15-6-4-5-7-17(15)19(2)24(3,22)23;1-3-8-13(9-4-2)10-6-5-7-11-12-10/h4-9,12H,10-11H2,1-3H3;5-7H,3-4,8-9H2,1-2H3. The molecular weight excluding hydrogens is 486 g/mol. The van der Waals surface area contributed by atoms with Crippen molar-refractivity contribution in [2.45, 2.75) is 40.0 Å². The Kier molecular flexibility index (Phi) is 9.63. The average Bonchev–Trinajstić information content (AvgIpc) is 3.31. The van der Waals surface area contributed by atoms with Gasteiger partial charge in [-0.25, -0.2) is 8.42 Å². The number of carbonyl (C=O) groups is 1. The molecule has 0 bridgehead atoms. The molecule has 1 aromatic heterocycles. The fourth-order valence-corrected chi connectivity index (χ4v) is 4.85. The number of nitrogens with zero attached hydrogens (tertiary/aromatic N) is 5. The van der Waals surface area contributed by atoms with Crippen LogP contribution in [-0.4, -0.2) is 57.5 Å². The largest absolute Gasteiger partial charge is 0.355 e. The molecule has 1 aliphatic rings. The number of sulfonamides is 1. The summed E-state index contributed by atoms with van der Waals surface area (Å²) in [6, 6.07) is 16.8. The van der Waals surface area contributed by atoms with Gasteiger partial charge >= 0.3 is 0 Å². The van der Waals surface area contributed by atoms with E-state index in [9.17, 15) is 13.2 Å². The van der Waals surface area contributed by atoms with Crippen molar-refractivity contribution in [3.8, 4) is 0 Å². The van der Waals surface area contributed by atoms with Crippen LogP contribution in [-0.2, 0) is 16.4 Å². The Bertz CT molecular complexity index is 1290. The summed E-state index contributed by atoms with van der Waals surface area (Å²) < 4.78 is 24.9. The number of benzene rings is 2. The third-order valence-corrected chi connectivity index (χ3v) is 7.41. The summed E-state index contributed by atoms with van der Waals surface area (Å²) in [6.07, 6.45) is 5.95. The smallest absolute Gasteiger partial charge is 0.260 e.